The van der Waals surface area contributed by atoms with E-state index in [9.17, 15) is 39.3 Å². The quantitative estimate of drug-likeness (QED) is 0.206. The maximum Gasteiger partial charge on any atom is 0.253 e. The predicted molar refractivity (Wildman–Crippen MR) is 137 cm³/mol. The zero-order valence-electron chi connectivity index (χ0n) is 21.3. The highest BCUT2D eigenvalue weighted by atomic mass is 35.5. The average Bonchev–Trinajstić information content (AvgIpc) is 3.28. The van der Waals surface area contributed by atoms with Gasteiger partial charge in [-0.2, -0.15) is 0 Å². The molecule has 0 radical (unpaired) electrons. The van der Waals surface area contributed by atoms with Crippen LogP contribution in [-0.4, -0.2) is 92.7 Å². The lowest BCUT2D eigenvalue weighted by Crippen LogP contribution is -2.62. The Morgan fingerprint density at radius 1 is 0.897 bits per heavy atom. The van der Waals surface area contributed by atoms with Gasteiger partial charge in [-0.05, 0) is 31.9 Å². The number of halogens is 1. The van der Waals surface area contributed by atoms with Gasteiger partial charge in [-0.15, -0.1) is 0 Å². The fourth-order valence-corrected chi connectivity index (χ4v) is 4.61. The Morgan fingerprint density at radius 2 is 1.54 bits per heavy atom. The number of fused-ring (bicyclic) bond motifs is 1. The Labute approximate surface area is 229 Å². The third kappa shape index (κ3) is 7.12. The normalized spacial score (nSPS) is 28.9. The van der Waals surface area contributed by atoms with Gasteiger partial charge in [0.2, 0.25) is 23.6 Å². The van der Waals surface area contributed by atoms with Crippen molar-refractivity contribution in [1.29, 1.82) is 0 Å². The number of nitrogens with one attached hydrogen (secondary N) is 4. The zero-order chi connectivity index (χ0) is 28.9. The highest BCUT2D eigenvalue weighted by Crippen LogP contribution is 2.27. The molecule has 5 amide bonds. The molecule has 1 saturated heterocycles. The monoisotopic (exact) mass is 565 g/mol. The van der Waals surface area contributed by atoms with Crippen LogP contribution in [0.3, 0.4) is 0 Å². The summed E-state index contributed by atoms with van der Waals surface area (Å²) in [5, 5.41) is 40.0. The highest BCUT2D eigenvalue weighted by Gasteiger charge is 2.42. The lowest BCUT2D eigenvalue weighted by Gasteiger charge is -2.32. The maximum absolute atomic E-state index is 13.4. The van der Waals surface area contributed by atoms with Crippen molar-refractivity contribution in [3.63, 3.8) is 0 Å². The smallest absolute Gasteiger partial charge is 0.253 e. The second-order valence-corrected chi connectivity index (χ2v) is 9.81. The summed E-state index contributed by atoms with van der Waals surface area (Å²) >= 11 is 6.22. The topological polar surface area (TPSA) is 197 Å². The number of aliphatic hydroxyl groups excluding tert-OH is 3. The molecule has 7 atom stereocenters. The number of benzene rings is 1. The largest absolute Gasteiger partial charge is 0.394 e. The molecule has 1 aromatic carbocycles. The summed E-state index contributed by atoms with van der Waals surface area (Å²) in [5.74, 6) is -4.24. The zero-order valence-corrected chi connectivity index (χ0v) is 22.1. The third-order valence-electron chi connectivity index (χ3n) is 6.44. The van der Waals surface area contributed by atoms with Crippen LogP contribution >= 0.6 is 11.6 Å². The van der Waals surface area contributed by atoms with Crippen molar-refractivity contribution in [3.05, 3.63) is 47.1 Å². The number of nitrogens with zero attached hydrogens (tertiary/aromatic N) is 1. The van der Waals surface area contributed by atoms with E-state index < -0.39 is 78.6 Å². The lowest BCUT2D eigenvalue weighted by molar-refractivity contribution is -0.143. The standard InChI is InChI=1S/C25H32ClN5O8/c1-12(33)20-24(38)28-16(11-32)22(36)27-15(14-6-4-3-5-7-14)10-19(35)29-21(13(2)34)25(39)31-17(23(37)30-20)8-9-18(31)26/h3-7,9,12-13,15-17,20-21,32-34H,8,10-11H2,1-2H3,(H,27,36)(H,28,38)(H,29,35)(H,30,37)/t12-,13-,15+,16-,17-,20-,21-/m0/s1. The van der Waals surface area contributed by atoms with E-state index in [1.807, 2.05) is 0 Å². The van der Waals surface area contributed by atoms with Gasteiger partial charge in [0, 0.05) is 0 Å². The van der Waals surface area contributed by atoms with Gasteiger partial charge >= 0.3 is 0 Å². The molecule has 2 aliphatic rings. The van der Waals surface area contributed by atoms with Crippen molar-refractivity contribution in [2.45, 2.75) is 69.1 Å². The fraction of sp³-hybridized carbons (Fsp3) is 0.480. The Bertz CT molecular complexity index is 1130. The molecule has 1 fully saturated rings. The number of carbonyl (C=O) groups is 5. The van der Waals surface area contributed by atoms with Crippen molar-refractivity contribution < 1.29 is 39.3 Å². The van der Waals surface area contributed by atoms with Gasteiger partial charge in [0.15, 0.2) is 0 Å². The molecule has 0 saturated carbocycles. The number of aliphatic hydroxyl groups is 3. The van der Waals surface area contributed by atoms with Crippen LogP contribution in [0.25, 0.3) is 0 Å². The van der Waals surface area contributed by atoms with E-state index in [-0.39, 0.29) is 18.0 Å². The second kappa shape index (κ2) is 13.0. The molecule has 0 unspecified atom stereocenters. The van der Waals surface area contributed by atoms with Crippen molar-refractivity contribution in [3.8, 4) is 0 Å². The van der Waals surface area contributed by atoms with Gasteiger partial charge in [0.25, 0.3) is 5.91 Å². The Hall–Kier alpha value is -3.52. The van der Waals surface area contributed by atoms with Crippen LogP contribution in [-0.2, 0) is 24.0 Å². The summed E-state index contributed by atoms with van der Waals surface area (Å²) < 4.78 is 0. The van der Waals surface area contributed by atoms with Crippen molar-refractivity contribution >= 4 is 41.1 Å². The van der Waals surface area contributed by atoms with E-state index in [1.54, 1.807) is 30.3 Å². The first-order chi connectivity index (χ1) is 18.4. The van der Waals surface area contributed by atoms with Crippen LogP contribution in [0.1, 0.15) is 38.3 Å². The molecular weight excluding hydrogens is 534 g/mol. The lowest BCUT2D eigenvalue weighted by atomic mass is 10.0. The van der Waals surface area contributed by atoms with Crippen molar-refractivity contribution in [2.75, 3.05) is 6.61 Å². The number of amides is 5. The summed E-state index contributed by atoms with van der Waals surface area (Å²) in [6, 6.07) is 1.66. The summed E-state index contributed by atoms with van der Waals surface area (Å²) in [6.07, 6.45) is -1.84. The summed E-state index contributed by atoms with van der Waals surface area (Å²) in [5.41, 5.74) is 0.518. The fourth-order valence-electron chi connectivity index (χ4n) is 4.32. The SMILES string of the molecule is C[C@H](O)[C@@H]1NC(=O)[C@@H]2CC=C(Cl)N2C(=O)[C@H]([C@H](C)O)NC(=O)C[C@H](c2ccccc2)NC(=O)[C@H](CO)NC1=O. The van der Waals surface area contributed by atoms with E-state index in [1.165, 1.54) is 19.9 Å². The third-order valence-corrected chi connectivity index (χ3v) is 6.78. The molecular formula is C25H32ClN5O8. The molecule has 212 valence electrons. The number of hydrogen-bond acceptors (Lipinski definition) is 8. The summed E-state index contributed by atoms with van der Waals surface area (Å²) in [4.78, 5) is 66.6. The van der Waals surface area contributed by atoms with E-state index in [0.29, 0.717) is 5.56 Å². The molecule has 7 N–H and O–H groups in total. The van der Waals surface area contributed by atoms with E-state index in [4.69, 9.17) is 11.6 Å². The Morgan fingerprint density at radius 3 is 2.13 bits per heavy atom. The molecule has 0 spiro atoms. The highest BCUT2D eigenvalue weighted by molar-refractivity contribution is 6.31. The predicted octanol–water partition coefficient (Wildman–Crippen LogP) is -1.86. The molecule has 14 heteroatoms. The first-order valence-electron chi connectivity index (χ1n) is 12.4. The van der Waals surface area contributed by atoms with Gasteiger partial charge in [0.05, 0.1) is 31.3 Å². The minimum absolute atomic E-state index is 0.0389. The van der Waals surface area contributed by atoms with E-state index in [0.717, 1.165) is 4.90 Å². The molecule has 1 aromatic rings. The Balaban J connectivity index is 2.04. The first kappa shape index (κ1) is 30.0. The molecule has 2 aliphatic heterocycles. The summed E-state index contributed by atoms with van der Waals surface area (Å²) in [7, 11) is 0. The number of carbonyl (C=O) groups excluding carboxylic acids is 5. The Kier molecular flexibility index (Phi) is 10.0. The molecule has 0 aromatic heterocycles. The molecule has 13 nitrogen and oxygen atoms in total. The minimum atomic E-state index is -1.55. The average molecular weight is 566 g/mol. The van der Waals surface area contributed by atoms with Crippen molar-refractivity contribution in [2.24, 2.45) is 0 Å². The van der Waals surface area contributed by atoms with Gasteiger partial charge in [-0.1, -0.05) is 41.9 Å². The molecule has 0 bridgehead atoms. The van der Waals surface area contributed by atoms with Gasteiger partial charge in [-0.3, -0.25) is 28.9 Å². The number of rotatable bonds is 4. The van der Waals surface area contributed by atoms with Crippen LogP contribution in [0.2, 0.25) is 0 Å². The minimum Gasteiger partial charge on any atom is -0.394 e. The van der Waals surface area contributed by atoms with Gasteiger partial charge in [-0.25, -0.2) is 0 Å². The first-order valence-corrected chi connectivity index (χ1v) is 12.7. The van der Waals surface area contributed by atoms with Crippen LogP contribution in [0.4, 0.5) is 0 Å². The van der Waals surface area contributed by atoms with Crippen LogP contribution in [0.15, 0.2) is 41.6 Å². The number of hydrogen-bond donors (Lipinski definition) is 7. The molecule has 2 heterocycles. The van der Waals surface area contributed by atoms with Gasteiger partial charge in [0.1, 0.15) is 29.3 Å². The molecule has 39 heavy (non-hydrogen) atoms. The maximum atomic E-state index is 13.4. The van der Waals surface area contributed by atoms with E-state index >= 15 is 0 Å². The van der Waals surface area contributed by atoms with Crippen LogP contribution in [0, 0.1) is 0 Å². The molecule has 0 aliphatic carbocycles. The van der Waals surface area contributed by atoms with E-state index in [2.05, 4.69) is 21.3 Å². The molecule has 3 rings (SSSR count). The van der Waals surface area contributed by atoms with Crippen molar-refractivity contribution in [1.82, 2.24) is 26.2 Å². The second-order valence-electron chi connectivity index (χ2n) is 9.42. The van der Waals surface area contributed by atoms with Crippen LogP contribution < -0.4 is 21.3 Å². The van der Waals surface area contributed by atoms with Gasteiger partial charge < -0.3 is 36.6 Å². The summed E-state index contributed by atoms with van der Waals surface area (Å²) in [6.45, 7) is 1.70. The van der Waals surface area contributed by atoms with Crippen LogP contribution in [0.5, 0.6) is 0 Å².